The second kappa shape index (κ2) is 7.98. The van der Waals surface area contributed by atoms with Crippen LogP contribution >= 0.6 is 27.5 Å². The van der Waals surface area contributed by atoms with Crippen LogP contribution in [0.25, 0.3) is 0 Å². The monoisotopic (exact) mass is 365 g/mol. The third-order valence-electron chi connectivity index (χ3n) is 3.51. The molecule has 1 nitrogen and oxygen atoms in total. The van der Waals surface area contributed by atoms with Gasteiger partial charge in [0, 0.05) is 4.47 Å². The van der Waals surface area contributed by atoms with Gasteiger partial charge in [0.15, 0.2) is 0 Å². The molecule has 112 valence electrons. The molecule has 1 unspecified atom stereocenters. The van der Waals surface area contributed by atoms with E-state index in [0.717, 1.165) is 22.5 Å². The Morgan fingerprint density at radius 2 is 1.86 bits per heavy atom. The van der Waals surface area contributed by atoms with Crippen LogP contribution < -0.4 is 5.32 Å². The smallest absolute Gasteiger partial charge is 0.0577 e. The van der Waals surface area contributed by atoms with Gasteiger partial charge in [-0.1, -0.05) is 62.2 Å². The van der Waals surface area contributed by atoms with Crippen LogP contribution in [0, 0.1) is 0 Å². The summed E-state index contributed by atoms with van der Waals surface area (Å²) in [4.78, 5) is 0. The third kappa shape index (κ3) is 4.32. The molecule has 2 aromatic carbocycles. The van der Waals surface area contributed by atoms with Gasteiger partial charge in [-0.05, 0) is 57.7 Å². The van der Waals surface area contributed by atoms with E-state index in [4.69, 9.17) is 11.6 Å². The molecule has 0 aromatic heterocycles. The van der Waals surface area contributed by atoms with Crippen molar-refractivity contribution in [2.75, 3.05) is 6.54 Å². The van der Waals surface area contributed by atoms with Gasteiger partial charge >= 0.3 is 0 Å². The van der Waals surface area contributed by atoms with E-state index in [1.165, 1.54) is 23.1 Å². The first kappa shape index (κ1) is 16.5. The highest BCUT2D eigenvalue weighted by Crippen LogP contribution is 2.29. The Balaban J connectivity index is 2.37. The predicted molar refractivity (Wildman–Crippen MR) is 95.1 cm³/mol. The molecule has 0 saturated carbocycles. The Kier molecular flexibility index (Phi) is 6.28. The maximum atomic E-state index is 6.25. The Labute approximate surface area is 140 Å². The van der Waals surface area contributed by atoms with Crippen LogP contribution in [-0.4, -0.2) is 6.54 Å². The average molecular weight is 367 g/mol. The molecule has 1 atom stereocenters. The maximum absolute atomic E-state index is 6.25. The first-order chi connectivity index (χ1) is 10.2. The molecule has 2 rings (SSSR count). The van der Waals surface area contributed by atoms with Crippen molar-refractivity contribution in [3.05, 3.63) is 68.7 Å². The van der Waals surface area contributed by atoms with E-state index in [-0.39, 0.29) is 6.04 Å². The summed E-state index contributed by atoms with van der Waals surface area (Å²) in [6.07, 6.45) is 2.28. The molecule has 0 saturated heterocycles. The molecule has 0 aliphatic rings. The summed E-state index contributed by atoms with van der Waals surface area (Å²) < 4.78 is 0.933. The predicted octanol–water partition coefficient (Wildman–Crippen LogP) is 5.75. The lowest BCUT2D eigenvalue weighted by Crippen LogP contribution is -2.22. The summed E-state index contributed by atoms with van der Waals surface area (Å²) in [7, 11) is 0. The lowest BCUT2D eigenvalue weighted by atomic mass is 9.96. The number of aryl methyl sites for hydroxylation is 1. The quantitative estimate of drug-likeness (QED) is 0.686. The molecule has 0 radical (unpaired) electrons. The van der Waals surface area contributed by atoms with Crippen LogP contribution in [0.1, 0.15) is 43.0 Å². The minimum atomic E-state index is 0.178. The molecule has 0 bridgehead atoms. The molecule has 0 amide bonds. The molecule has 1 N–H and O–H groups in total. The van der Waals surface area contributed by atoms with Crippen molar-refractivity contribution in [1.82, 2.24) is 5.32 Å². The zero-order chi connectivity index (χ0) is 15.2. The molecule has 0 aliphatic carbocycles. The number of hydrogen-bond donors (Lipinski definition) is 1. The standard InChI is InChI=1S/C18H21BrClN/c1-3-6-13-7-5-8-14(11-13)18(21-4-2)15-9-10-16(19)17(20)12-15/h5,7-12,18,21H,3-4,6H2,1-2H3. The molecule has 0 fully saturated rings. The number of halogens is 2. The second-order valence-corrected chi connectivity index (χ2v) is 6.42. The topological polar surface area (TPSA) is 12.0 Å². The summed E-state index contributed by atoms with van der Waals surface area (Å²) >= 11 is 9.71. The van der Waals surface area contributed by atoms with Gasteiger partial charge in [0.05, 0.1) is 11.1 Å². The van der Waals surface area contributed by atoms with Gasteiger partial charge in [0.1, 0.15) is 0 Å². The van der Waals surface area contributed by atoms with Crippen LogP contribution in [0.4, 0.5) is 0 Å². The summed E-state index contributed by atoms with van der Waals surface area (Å²) in [6.45, 7) is 5.25. The molecule has 2 aromatic rings. The van der Waals surface area contributed by atoms with Gasteiger partial charge in [0.25, 0.3) is 0 Å². The Bertz CT molecular complexity index is 598. The number of hydrogen-bond acceptors (Lipinski definition) is 1. The van der Waals surface area contributed by atoms with E-state index in [0.29, 0.717) is 0 Å². The van der Waals surface area contributed by atoms with Crippen molar-refractivity contribution < 1.29 is 0 Å². The van der Waals surface area contributed by atoms with Crippen molar-refractivity contribution in [1.29, 1.82) is 0 Å². The summed E-state index contributed by atoms with van der Waals surface area (Å²) in [5, 5.41) is 4.31. The summed E-state index contributed by atoms with van der Waals surface area (Å²) in [5.41, 5.74) is 3.88. The molecule has 0 heterocycles. The lowest BCUT2D eigenvalue weighted by Gasteiger charge is -2.20. The van der Waals surface area contributed by atoms with Crippen molar-refractivity contribution >= 4 is 27.5 Å². The Morgan fingerprint density at radius 3 is 2.52 bits per heavy atom. The second-order valence-electron chi connectivity index (χ2n) is 5.16. The van der Waals surface area contributed by atoms with Gasteiger partial charge in [-0.15, -0.1) is 0 Å². The van der Waals surface area contributed by atoms with E-state index in [1.54, 1.807) is 0 Å². The van der Waals surface area contributed by atoms with Gasteiger partial charge < -0.3 is 5.32 Å². The van der Waals surface area contributed by atoms with Crippen LogP contribution in [-0.2, 0) is 6.42 Å². The molecular formula is C18H21BrClN. The zero-order valence-corrected chi connectivity index (χ0v) is 14.8. The fourth-order valence-electron chi connectivity index (χ4n) is 2.54. The molecular weight excluding hydrogens is 346 g/mol. The van der Waals surface area contributed by atoms with Crippen molar-refractivity contribution in [3.8, 4) is 0 Å². The summed E-state index contributed by atoms with van der Waals surface area (Å²) in [5.74, 6) is 0. The van der Waals surface area contributed by atoms with Crippen LogP contribution in [0.5, 0.6) is 0 Å². The van der Waals surface area contributed by atoms with Crippen molar-refractivity contribution in [2.24, 2.45) is 0 Å². The number of nitrogens with one attached hydrogen (secondary N) is 1. The SMILES string of the molecule is CCCc1cccc(C(NCC)c2ccc(Br)c(Cl)c2)c1. The van der Waals surface area contributed by atoms with E-state index < -0.39 is 0 Å². The average Bonchev–Trinajstić information content (AvgIpc) is 2.48. The fourth-order valence-corrected chi connectivity index (χ4v) is 2.98. The van der Waals surface area contributed by atoms with Gasteiger partial charge in [-0.3, -0.25) is 0 Å². The van der Waals surface area contributed by atoms with Crippen molar-refractivity contribution in [2.45, 2.75) is 32.7 Å². The first-order valence-corrected chi connectivity index (χ1v) is 8.60. The number of benzene rings is 2. The highest BCUT2D eigenvalue weighted by Gasteiger charge is 2.14. The van der Waals surface area contributed by atoms with E-state index >= 15 is 0 Å². The van der Waals surface area contributed by atoms with E-state index in [1.807, 2.05) is 12.1 Å². The van der Waals surface area contributed by atoms with Crippen molar-refractivity contribution in [3.63, 3.8) is 0 Å². The molecule has 0 aliphatic heterocycles. The zero-order valence-electron chi connectivity index (χ0n) is 12.5. The fraction of sp³-hybridized carbons (Fsp3) is 0.333. The Hall–Kier alpha value is -0.830. The molecule has 0 spiro atoms. The highest BCUT2D eigenvalue weighted by molar-refractivity contribution is 9.10. The van der Waals surface area contributed by atoms with Crippen LogP contribution in [0.2, 0.25) is 5.02 Å². The summed E-state index contributed by atoms with van der Waals surface area (Å²) in [6, 6.07) is 15.2. The minimum absolute atomic E-state index is 0.178. The normalized spacial score (nSPS) is 12.4. The molecule has 3 heteroatoms. The maximum Gasteiger partial charge on any atom is 0.0577 e. The Morgan fingerprint density at radius 1 is 1.10 bits per heavy atom. The van der Waals surface area contributed by atoms with Gasteiger partial charge in [0.2, 0.25) is 0 Å². The van der Waals surface area contributed by atoms with Gasteiger partial charge in [-0.2, -0.15) is 0 Å². The molecule has 21 heavy (non-hydrogen) atoms. The van der Waals surface area contributed by atoms with E-state index in [2.05, 4.69) is 65.4 Å². The number of rotatable bonds is 6. The van der Waals surface area contributed by atoms with Crippen LogP contribution in [0.3, 0.4) is 0 Å². The van der Waals surface area contributed by atoms with E-state index in [9.17, 15) is 0 Å². The highest BCUT2D eigenvalue weighted by atomic mass is 79.9. The first-order valence-electron chi connectivity index (χ1n) is 7.42. The largest absolute Gasteiger partial charge is 0.307 e. The van der Waals surface area contributed by atoms with Crippen LogP contribution in [0.15, 0.2) is 46.9 Å². The third-order valence-corrected chi connectivity index (χ3v) is 4.74. The lowest BCUT2D eigenvalue weighted by molar-refractivity contribution is 0.630. The van der Waals surface area contributed by atoms with Gasteiger partial charge in [-0.25, -0.2) is 0 Å². The minimum Gasteiger partial charge on any atom is -0.307 e.